The van der Waals surface area contributed by atoms with E-state index in [0.29, 0.717) is 19.4 Å². The van der Waals surface area contributed by atoms with Crippen LogP contribution in [0.25, 0.3) is 0 Å². The van der Waals surface area contributed by atoms with Gasteiger partial charge in [0.15, 0.2) is 0 Å². The Morgan fingerprint density at radius 1 is 0.364 bits per heavy atom. The zero-order chi connectivity index (χ0) is 55.7. The van der Waals surface area contributed by atoms with Crippen LogP contribution in [-0.2, 0) is 14.3 Å². The SMILES string of the molecule is CCCCC/C=C\C/C=C\CCCCCCCCCCCC(=O)OCCCCCCCCCC/C=C\CCCCCCCCCC(=O)NC(CO)C(O)/C=C/CCCCCCCCCCCCCCCCCCCCCC. The first-order valence-corrected chi connectivity index (χ1v) is 34.4. The second kappa shape index (κ2) is 66.3. The molecule has 0 radical (unpaired) electrons. The van der Waals surface area contributed by atoms with Crippen molar-refractivity contribution in [2.24, 2.45) is 0 Å². The molecule has 0 aromatic rings. The van der Waals surface area contributed by atoms with E-state index in [9.17, 15) is 19.8 Å². The highest BCUT2D eigenvalue weighted by Crippen LogP contribution is 2.18. The van der Waals surface area contributed by atoms with Gasteiger partial charge in [0.2, 0.25) is 5.91 Å². The molecule has 0 saturated heterocycles. The van der Waals surface area contributed by atoms with Crippen LogP contribution in [0.5, 0.6) is 0 Å². The highest BCUT2D eigenvalue weighted by molar-refractivity contribution is 5.76. The summed E-state index contributed by atoms with van der Waals surface area (Å²) in [6.07, 6.45) is 86.0. The molecular formula is C71H133NO5. The van der Waals surface area contributed by atoms with E-state index >= 15 is 0 Å². The normalized spacial score (nSPS) is 12.8. The summed E-state index contributed by atoms with van der Waals surface area (Å²) in [4.78, 5) is 24.6. The maximum Gasteiger partial charge on any atom is 0.305 e. The molecule has 0 bridgehead atoms. The zero-order valence-corrected chi connectivity index (χ0v) is 51.7. The fourth-order valence-corrected chi connectivity index (χ4v) is 10.5. The molecule has 3 N–H and O–H groups in total. The molecule has 0 aliphatic carbocycles. The van der Waals surface area contributed by atoms with Crippen molar-refractivity contribution in [3.8, 4) is 0 Å². The minimum atomic E-state index is -0.853. The van der Waals surface area contributed by atoms with E-state index in [0.717, 1.165) is 57.8 Å². The molecule has 0 fully saturated rings. The van der Waals surface area contributed by atoms with Crippen molar-refractivity contribution in [2.75, 3.05) is 13.2 Å². The lowest BCUT2D eigenvalue weighted by molar-refractivity contribution is -0.143. The van der Waals surface area contributed by atoms with Crippen LogP contribution >= 0.6 is 0 Å². The summed E-state index contributed by atoms with van der Waals surface area (Å²) < 4.78 is 5.50. The lowest BCUT2D eigenvalue weighted by Gasteiger charge is -2.20. The van der Waals surface area contributed by atoms with Crippen molar-refractivity contribution < 1.29 is 24.5 Å². The number of carbonyl (C=O) groups excluding carboxylic acids is 2. The van der Waals surface area contributed by atoms with E-state index in [1.165, 1.54) is 283 Å². The number of aliphatic hydroxyl groups excluding tert-OH is 2. The fraction of sp³-hybridized carbons (Fsp3) is 0.859. The number of hydrogen-bond acceptors (Lipinski definition) is 5. The van der Waals surface area contributed by atoms with Gasteiger partial charge in [-0.2, -0.15) is 0 Å². The summed E-state index contributed by atoms with van der Waals surface area (Å²) in [5.74, 6) is -0.0752. The van der Waals surface area contributed by atoms with Gasteiger partial charge in [0.1, 0.15) is 0 Å². The van der Waals surface area contributed by atoms with Crippen LogP contribution < -0.4 is 5.32 Å². The topological polar surface area (TPSA) is 95.9 Å². The van der Waals surface area contributed by atoms with Crippen LogP contribution in [0, 0.1) is 0 Å². The van der Waals surface area contributed by atoms with Crippen molar-refractivity contribution >= 4 is 11.9 Å². The van der Waals surface area contributed by atoms with Crippen LogP contribution in [0.1, 0.15) is 367 Å². The van der Waals surface area contributed by atoms with Crippen molar-refractivity contribution in [3.05, 3.63) is 48.6 Å². The monoisotopic (exact) mass is 1080 g/mol. The Kier molecular flexibility index (Phi) is 64.5. The Morgan fingerprint density at radius 2 is 0.649 bits per heavy atom. The van der Waals surface area contributed by atoms with Gasteiger partial charge in [-0.1, -0.05) is 313 Å². The average Bonchev–Trinajstić information content (AvgIpc) is 3.43. The van der Waals surface area contributed by atoms with Crippen LogP contribution in [0.3, 0.4) is 0 Å². The van der Waals surface area contributed by atoms with E-state index in [4.69, 9.17) is 4.74 Å². The van der Waals surface area contributed by atoms with E-state index in [2.05, 4.69) is 55.6 Å². The number of esters is 1. The number of unbranched alkanes of at least 4 members (excludes halogenated alkanes) is 47. The average molecular weight is 1080 g/mol. The lowest BCUT2D eigenvalue weighted by atomic mass is 10.0. The van der Waals surface area contributed by atoms with Crippen LogP contribution in [0.4, 0.5) is 0 Å². The largest absolute Gasteiger partial charge is 0.466 e. The van der Waals surface area contributed by atoms with Crippen LogP contribution in [-0.4, -0.2) is 47.4 Å². The molecule has 0 aromatic heterocycles. The fourth-order valence-electron chi connectivity index (χ4n) is 10.5. The van der Waals surface area contributed by atoms with Crippen LogP contribution in [0.2, 0.25) is 0 Å². The molecule has 0 spiro atoms. The summed E-state index contributed by atoms with van der Waals surface area (Å²) in [6.45, 7) is 4.89. The number of allylic oxidation sites excluding steroid dienone is 7. The van der Waals surface area contributed by atoms with Gasteiger partial charge in [-0.25, -0.2) is 0 Å². The van der Waals surface area contributed by atoms with Gasteiger partial charge >= 0.3 is 5.97 Å². The second-order valence-corrected chi connectivity index (χ2v) is 23.5. The first-order chi connectivity index (χ1) is 38.0. The molecule has 2 unspecified atom stereocenters. The van der Waals surface area contributed by atoms with Crippen molar-refractivity contribution in [1.29, 1.82) is 0 Å². The van der Waals surface area contributed by atoms with E-state index in [1.54, 1.807) is 6.08 Å². The molecule has 77 heavy (non-hydrogen) atoms. The maximum atomic E-state index is 12.5. The van der Waals surface area contributed by atoms with Crippen molar-refractivity contribution in [1.82, 2.24) is 5.32 Å². The Hall–Kier alpha value is -2.18. The third-order valence-electron chi connectivity index (χ3n) is 15.8. The molecule has 452 valence electrons. The van der Waals surface area contributed by atoms with Crippen molar-refractivity contribution in [2.45, 2.75) is 379 Å². The lowest BCUT2D eigenvalue weighted by Crippen LogP contribution is -2.45. The summed E-state index contributed by atoms with van der Waals surface area (Å²) in [7, 11) is 0. The third-order valence-corrected chi connectivity index (χ3v) is 15.8. The summed E-state index contributed by atoms with van der Waals surface area (Å²) in [6, 6.07) is -0.637. The Labute approximate surface area is 480 Å². The van der Waals surface area contributed by atoms with E-state index in [1.807, 2.05) is 6.08 Å². The molecule has 0 aromatic carbocycles. The number of aliphatic hydroxyl groups is 2. The number of nitrogens with one attached hydrogen (secondary N) is 1. The summed E-state index contributed by atoms with van der Waals surface area (Å²) in [5.41, 5.74) is 0. The number of amides is 1. The molecule has 0 aliphatic rings. The van der Waals surface area contributed by atoms with E-state index < -0.39 is 12.1 Å². The standard InChI is InChI=1S/C71H133NO5/c1-3-5-7-9-11-13-15-17-19-21-23-24-25-28-31-35-39-43-47-51-55-59-63-69(74)68(67-73)72-70(75)64-60-56-52-48-44-40-36-32-29-26-30-34-38-42-46-50-54-58-62-66-77-71(76)65-61-57-53-49-45-41-37-33-27-22-20-18-16-14-12-10-8-6-4-2/h12,14,18,20,26,29,59,63,68-69,73-74H,3-11,13,15-17,19,21-25,27-28,30-58,60-62,64-67H2,1-2H3,(H,72,75)/b14-12-,20-18-,29-26-,63-59+. The molecule has 2 atom stereocenters. The van der Waals surface area contributed by atoms with Gasteiger partial charge in [0, 0.05) is 12.8 Å². The van der Waals surface area contributed by atoms with Gasteiger partial charge in [0.25, 0.3) is 0 Å². The minimum absolute atomic E-state index is 0.000264. The molecule has 0 aliphatic heterocycles. The Bertz CT molecular complexity index is 1290. The Balaban J connectivity index is 3.46. The first kappa shape index (κ1) is 74.8. The molecule has 6 heteroatoms. The number of hydrogen-bond donors (Lipinski definition) is 3. The second-order valence-electron chi connectivity index (χ2n) is 23.5. The molecule has 1 amide bonds. The highest BCUT2D eigenvalue weighted by Gasteiger charge is 2.18. The van der Waals surface area contributed by atoms with E-state index in [-0.39, 0.29) is 18.5 Å². The number of ether oxygens (including phenoxy) is 1. The summed E-state index contributed by atoms with van der Waals surface area (Å²) in [5, 5.41) is 23.2. The van der Waals surface area contributed by atoms with Gasteiger partial charge in [-0.3, -0.25) is 9.59 Å². The van der Waals surface area contributed by atoms with Gasteiger partial charge in [-0.05, 0) is 89.9 Å². The van der Waals surface area contributed by atoms with Gasteiger partial charge in [0.05, 0.1) is 25.4 Å². The summed E-state index contributed by atoms with van der Waals surface area (Å²) >= 11 is 0. The molecule has 0 heterocycles. The predicted molar refractivity (Wildman–Crippen MR) is 338 cm³/mol. The first-order valence-electron chi connectivity index (χ1n) is 34.4. The predicted octanol–water partition coefficient (Wildman–Crippen LogP) is 22.1. The quantitative estimate of drug-likeness (QED) is 0.0320. The minimum Gasteiger partial charge on any atom is -0.466 e. The van der Waals surface area contributed by atoms with Crippen LogP contribution in [0.15, 0.2) is 48.6 Å². The molecule has 0 saturated carbocycles. The highest BCUT2D eigenvalue weighted by atomic mass is 16.5. The Morgan fingerprint density at radius 3 is 1.03 bits per heavy atom. The maximum absolute atomic E-state index is 12.5. The smallest absolute Gasteiger partial charge is 0.305 e. The number of carbonyl (C=O) groups is 2. The van der Waals surface area contributed by atoms with Gasteiger partial charge in [-0.15, -0.1) is 0 Å². The zero-order valence-electron chi connectivity index (χ0n) is 51.7. The van der Waals surface area contributed by atoms with Crippen molar-refractivity contribution in [3.63, 3.8) is 0 Å². The molecule has 6 nitrogen and oxygen atoms in total. The molecular weight excluding hydrogens is 947 g/mol. The molecule has 0 rings (SSSR count). The number of rotatable bonds is 64. The van der Waals surface area contributed by atoms with Gasteiger partial charge < -0.3 is 20.3 Å². The third kappa shape index (κ3) is 62.9.